The van der Waals surface area contributed by atoms with Crippen molar-refractivity contribution < 1.29 is 9.32 Å². The van der Waals surface area contributed by atoms with Crippen molar-refractivity contribution in [1.82, 2.24) is 10.5 Å². The summed E-state index contributed by atoms with van der Waals surface area (Å²) in [6.07, 6.45) is 1.36. The van der Waals surface area contributed by atoms with Gasteiger partial charge in [-0.25, -0.2) is 0 Å². The fourth-order valence-electron chi connectivity index (χ4n) is 0.742. The van der Waals surface area contributed by atoms with Gasteiger partial charge >= 0.3 is 0 Å². The average Bonchev–Trinajstić information content (AvgIpc) is 2.66. The van der Waals surface area contributed by atoms with E-state index in [4.69, 9.17) is 11.6 Å². The minimum atomic E-state index is -0.231. The van der Waals surface area contributed by atoms with Crippen molar-refractivity contribution in [3.05, 3.63) is 18.0 Å². The highest BCUT2D eigenvalue weighted by Crippen LogP contribution is 1.97. The summed E-state index contributed by atoms with van der Waals surface area (Å²) >= 11 is 5.57. The molecule has 0 bridgehead atoms. The number of carbonyl (C=O) groups excluding carboxylic acids is 1. The van der Waals surface area contributed by atoms with E-state index in [1.165, 1.54) is 12.3 Å². The van der Waals surface area contributed by atoms with Crippen molar-refractivity contribution in [2.75, 3.05) is 12.4 Å². The predicted octanol–water partition coefficient (Wildman–Crippen LogP) is 1.28. The van der Waals surface area contributed by atoms with Crippen molar-refractivity contribution in [3.63, 3.8) is 0 Å². The van der Waals surface area contributed by atoms with Gasteiger partial charge < -0.3 is 9.84 Å². The minimum absolute atomic E-state index is 0.231. The topological polar surface area (TPSA) is 55.1 Å². The van der Waals surface area contributed by atoms with Gasteiger partial charge in [0.05, 0.1) is 0 Å². The maximum atomic E-state index is 11.2. The second kappa shape index (κ2) is 4.87. The van der Waals surface area contributed by atoms with Crippen molar-refractivity contribution in [2.45, 2.75) is 6.92 Å². The van der Waals surface area contributed by atoms with Gasteiger partial charge in [-0.15, -0.1) is 11.6 Å². The fourth-order valence-corrected chi connectivity index (χ4v) is 0.851. The molecule has 1 amide bonds. The summed E-state index contributed by atoms with van der Waals surface area (Å²) in [5.41, 5.74) is 0.293. The zero-order chi connectivity index (χ0) is 9.68. The van der Waals surface area contributed by atoms with Crippen LogP contribution in [0.1, 0.15) is 17.4 Å². The van der Waals surface area contributed by atoms with Crippen molar-refractivity contribution in [3.8, 4) is 0 Å². The first-order valence-corrected chi connectivity index (χ1v) is 4.52. The Hall–Kier alpha value is -1.03. The number of nitrogens with zero attached hydrogens (tertiary/aromatic N) is 1. The third-order valence-corrected chi connectivity index (χ3v) is 2.07. The number of nitrogens with one attached hydrogen (secondary N) is 1. The Labute approximate surface area is 81.2 Å². The maximum Gasteiger partial charge on any atom is 0.273 e. The summed E-state index contributed by atoms with van der Waals surface area (Å²) in [5, 5.41) is 6.19. The van der Waals surface area contributed by atoms with Crippen LogP contribution in [0.2, 0.25) is 0 Å². The first-order chi connectivity index (χ1) is 6.24. The lowest BCUT2D eigenvalue weighted by Gasteiger charge is -2.07. The lowest BCUT2D eigenvalue weighted by Crippen LogP contribution is -2.29. The molecule has 0 radical (unpaired) electrons. The first-order valence-electron chi connectivity index (χ1n) is 3.98. The quantitative estimate of drug-likeness (QED) is 0.749. The normalized spacial score (nSPS) is 12.5. The minimum Gasteiger partial charge on any atom is -0.364 e. The van der Waals surface area contributed by atoms with Crippen LogP contribution in [0.4, 0.5) is 0 Å². The smallest absolute Gasteiger partial charge is 0.273 e. The van der Waals surface area contributed by atoms with E-state index in [0.717, 1.165) is 0 Å². The molecule has 0 aliphatic carbocycles. The van der Waals surface area contributed by atoms with E-state index in [2.05, 4.69) is 15.0 Å². The molecule has 4 nitrogen and oxygen atoms in total. The number of carbonyl (C=O) groups is 1. The van der Waals surface area contributed by atoms with Gasteiger partial charge in [0.15, 0.2) is 5.69 Å². The van der Waals surface area contributed by atoms with E-state index in [-0.39, 0.29) is 11.8 Å². The molecule has 1 aromatic rings. The number of hydrogen-bond donors (Lipinski definition) is 1. The number of aromatic nitrogens is 1. The molecule has 72 valence electrons. The summed E-state index contributed by atoms with van der Waals surface area (Å²) < 4.78 is 4.53. The molecule has 13 heavy (non-hydrogen) atoms. The van der Waals surface area contributed by atoms with Crippen molar-refractivity contribution in [1.29, 1.82) is 0 Å². The largest absolute Gasteiger partial charge is 0.364 e. The van der Waals surface area contributed by atoms with Gasteiger partial charge in [0, 0.05) is 18.5 Å². The molecule has 0 aromatic carbocycles. The van der Waals surface area contributed by atoms with Gasteiger partial charge in [0.2, 0.25) is 0 Å². The molecule has 0 spiro atoms. The molecule has 1 aromatic heterocycles. The van der Waals surface area contributed by atoms with Gasteiger partial charge in [-0.1, -0.05) is 12.1 Å². The summed E-state index contributed by atoms with van der Waals surface area (Å²) in [5.74, 6) is 0.558. The van der Waals surface area contributed by atoms with Gasteiger partial charge in [0.25, 0.3) is 5.91 Å². The van der Waals surface area contributed by atoms with Crippen LogP contribution in [0, 0.1) is 5.92 Å². The highest BCUT2D eigenvalue weighted by molar-refractivity contribution is 6.18. The zero-order valence-electron chi connectivity index (χ0n) is 7.29. The molecule has 0 saturated heterocycles. The molecule has 0 fully saturated rings. The molecule has 1 N–H and O–H groups in total. The van der Waals surface area contributed by atoms with Gasteiger partial charge in [-0.05, 0) is 5.92 Å². The summed E-state index contributed by atoms with van der Waals surface area (Å²) in [6.45, 7) is 2.51. The van der Waals surface area contributed by atoms with Crippen LogP contribution < -0.4 is 5.32 Å². The average molecular weight is 203 g/mol. The molecular weight excluding hydrogens is 192 g/mol. The Balaban J connectivity index is 2.35. The number of rotatable bonds is 4. The standard InChI is InChI=1S/C8H11ClN2O2/c1-6(4-9)5-10-8(12)7-2-3-13-11-7/h2-3,6H,4-5H2,1H3,(H,10,12). The molecule has 1 rings (SSSR count). The van der Waals surface area contributed by atoms with Crippen molar-refractivity contribution in [2.24, 2.45) is 5.92 Å². The first kappa shape index (κ1) is 10.1. The summed E-state index contributed by atoms with van der Waals surface area (Å²) in [4.78, 5) is 11.2. The van der Waals surface area contributed by atoms with Crippen LogP contribution in [0.3, 0.4) is 0 Å². The lowest BCUT2D eigenvalue weighted by molar-refractivity contribution is 0.0940. The Morgan fingerprint density at radius 1 is 1.85 bits per heavy atom. The van der Waals surface area contributed by atoms with Gasteiger partial charge in [-0.3, -0.25) is 4.79 Å². The van der Waals surface area contributed by atoms with E-state index < -0.39 is 0 Å². The Morgan fingerprint density at radius 2 is 2.62 bits per heavy atom. The number of halogens is 1. The second-order valence-electron chi connectivity index (χ2n) is 2.85. The fraction of sp³-hybridized carbons (Fsp3) is 0.500. The van der Waals surface area contributed by atoms with Crippen molar-refractivity contribution >= 4 is 17.5 Å². The number of hydrogen-bond acceptors (Lipinski definition) is 3. The van der Waals surface area contributed by atoms with E-state index in [1.54, 1.807) is 0 Å². The number of amides is 1. The Morgan fingerprint density at radius 3 is 3.15 bits per heavy atom. The molecule has 1 atom stereocenters. The van der Waals surface area contributed by atoms with E-state index in [1.807, 2.05) is 6.92 Å². The highest BCUT2D eigenvalue weighted by Gasteiger charge is 2.09. The predicted molar refractivity (Wildman–Crippen MR) is 48.7 cm³/mol. The monoisotopic (exact) mass is 202 g/mol. The molecule has 0 aliphatic rings. The van der Waals surface area contributed by atoms with E-state index in [0.29, 0.717) is 18.1 Å². The molecule has 1 heterocycles. The number of alkyl halides is 1. The maximum absolute atomic E-state index is 11.2. The zero-order valence-corrected chi connectivity index (χ0v) is 8.04. The van der Waals surface area contributed by atoms with E-state index >= 15 is 0 Å². The third kappa shape index (κ3) is 3.06. The summed E-state index contributed by atoms with van der Waals surface area (Å²) in [7, 11) is 0. The molecule has 0 aliphatic heterocycles. The Bertz CT molecular complexity index is 261. The molecule has 5 heteroatoms. The van der Waals surface area contributed by atoms with Gasteiger partial charge in [0.1, 0.15) is 6.26 Å². The van der Waals surface area contributed by atoms with Crippen LogP contribution in [-0.2, 0) is 0 Å². The molecule has 1 unspecified atom stereocenters. The van der Waals surface area contributed by atoms with Crippen LogP contribution >= 0.6 is 11.6 Å². The van der Waals surface area contributed by atoms with Gasteiger partial charge in [-0.2, -0.15) is 0 Å². The van der Waals surface area contributed by atoms with E-state index in [9.17, 15) is 4.79 Å². The second-order valence-corrected chi connectivity index (χ2v) is 3.16. The van der Waals surface area contributed by atoms with Crippen LogP contribution in [0.15, 0.2) is 16.9 Å². The lowest BCUT2D eigenvalue weighted by atomic mass is 10.2. The third-order valence-electron chi connectivity index (χ3n) is 1.54. The molecule has 0 saturated carbocycles. The summed E-state index contributed by atoms with van der Waals surface area (Å²) in [6, 6.07) is 1.51. The Kier molecular flexibility index (Phi) is 3.76. The van der Waals surface area contributed by atoms with Crippen LogP contribution in [0.5, 0.6) is 0 Å². The van der Waals surface area contributed by atoms with Crippen LogP contribution in [-0.4, -0.2) is 23.5 Å². The van der Waals surface area contributed by atoms with Crippen LogP contribution in [0.25, 0.3) is 0 Å². The highest BCUT2D eigenvalue weighted by atomic mass is 35.5. The SMILES string of the molecule is CC(CCl)CNC(=O)c1ccon1. The molecular formula is C8H11ClN2O2.